The average Bonchev–Trinajstić information content (AvgIpc) is 2.62. The highest BCUT2D eigenvalue weighted by atomic mass is 16.2. The van der Waals surface area contributed by atoms with Crippen molar-refractivity contribution in [3.8, 4) is 0 Å². The minimum absolute atomic E-state index is 0.0913. The van der Waals surface area contributed by atoms with Crippen molar-refractivity contribution in [3.63, 3.8) is 0 Å². The lowest BCUT2D eigenvalue weighted by Crippen LogP contribution is -2.26. The second-order valence-electron chi connectivity index (χ2n) is 4.16. The number of aromatic nitrogens is 1. The number of amides is 1. The average molecular weight is 239 g/mol. The summed E-state index contributed by atoms with van der Waals surface area (Å²) in [6, 6.07) is 1.67. The molecule has 0 aromatic carbocycles. The third-order valence-electron chi connectivity index (χ3n) is 2.63. The normalized spacial score (nSPS) is 10.5. The van der Waals surface area contributed by atoms with Crippen molar-refractivity contribution in [2.75, 3.05) is 18.9 Å². The van der Waals surface area contributed by atoms with Gasteiger partial charge in [-0.25, -0.2) is 0 Å². The molecular formula is C12H21N3O2. The van der Waals surface area contributed by atoms with E-state index in [-0.39, 0.29) is 12.5 Å². The number of carbonyl (C=O) groups is 1. The fourth-order valence-corrected chi connectivity index (χ4v) is 1.70. The summed E-state index contributed by atoms with van der Waals surface area (Å²) in [4.78, 5) is 11.7. The highest BCUT2D eigenvalue weighted by molar-refractivity contribution is 5.93. The van der Waals surface area contributed by atoms with E-state index < -0.39 is 0 Å². The Bertz CT molecular complexity index is 361. The summed E-state index contributed by atoms with van der Waals surface area (Å²) in [6.07, 6.45) is 5.52. The number of nitrogens with two attached hydrogens (primary N) is 1. The molecule has 1 heterocycles. The van der Waals surface area contributed by atoms with E-state index in [9.17, 15) is 4.79 Å². The molecule has 0 aliphatic carbocycles. The molecule has 1 rings (SSSR count). The van der Waals surface area contributed by atoms with Crippen LogP contribution in [0.3, 0.4) is 0 Å². The monoisotopic (exact) mass is 239 g/mol. The molecule has 0 aliphatic rings. The van der Waals surface area contributed by atoms with Gasteiger partial charge in [0.2, 0.25) is 0 Å². The van der Waals surface area contributed by atoms with Crippen LogP contribution in [0.4, 0.5) is 5.69 Å². The number of nitrogens with one attached hydrogen (secondary N) is 1. The number of hydrogen-bond donors (Lipinski definition) is 3. The van der Waals surface area contributed by atoms with Crippen LogP contribution in [-0.2, 0) is 7.05 Å². The van der Waals surface area contributed by atoms with Crippen molar-refractivity contribution in [1.29, 1.82) is 0 Å². The lowest BCUT2D eigenvalue weighted by Gasteiger charge is -2.05. The van der Waals surface area contributed by atoms with Gasteiger partial charge in [0, 0.05) is 26.4 Å². The minimum atomic E-state index is -0.0913. The first-order valence-corrected chi connectivity index (χ1v) is 5.96. The van der Waals surface area contributed by atoms with Crippen molar-refractivity contribution in [1.82, 2.24) is 9.88 Å². The number of carbonyl (C=O) groups excluding carboxylic acids is 1. The molecule has 4 N–H and O–H groups in total. The molecule has 1 aromatic rings. The predicted octanol–water partition coefficient (Wildman–Crippen LogP) is 0.890. The number of unbranched alkanes of at least 4 members (excludes halogenated alkanes) is 3. The van der Waals surface area contributed by atoms with E-state index in [1.165, 1.54) is 0 Å². The fraction of sp³-hybridized carbons (Fsp3) is 0.583. The molecule has 0 saturated carbocycles. The number of aliphatic hydroxyl groups is 1. The van der Waals surface area contributed by atoms with E-state index in [1.54, 1.807) is 23.9 Å². The van der Waals surface area contributed by atoms with Gasteiger partial charge < -0.3 is 20.7 Å². The number of anilines is 1. The van der Waals surface area contributed by atoms with Crippen molar-refractivity contribution in [3.05, 3.63) is 18.0 Å². The van der Waals surface area contributed by atoms with Crippen LogP contribution in [-0.4, -0.2) is 28.7 Å². The Morgan fingerprint density at radius 2 is 2.12 bits per heavy atom. The van der Waals surface area contributed by atoms with E-state index in [1.807, 2.05) is 0 Å². The first kappa shape index (κ1) is 13.6. The van der Waals surface area contributed by atoms with Gasteiger partial charge in [-0.05, 0) is 18.9 Å². The maximum Gasteiger partial charge on any atom is 0.267 e. The van der Waals surface area contributed by atoms with Crippen molar-refractivity contribution >= 4 is 11.6 Å². The summed E-state index contributed by atoms with van der Waals surface area (Å²) in [5.74, 6) is -0.0913. The first-order chi connectivity index (χ1) is 8.15. The number of nitrogen functional groups attached to an aromatic ring is 1. The van der Waals surface area contributed by atoms with Crippen molar-refractivity contribution < 1.29 is 9.90 Å². The summed E-state index contributed by atoms with van der Waals surface area (Å²) < 4.78 is 1.72. The van der Waals surface area contributed by atoms with Gasteiger partial charge in [0.05, 0.1) is 5.69 Å². The van der Waals surface area contributed by atoms with Crippen molar-refractivity contribution in [2.45, 2.75) is 25.7 Å². The summed E-state index contributed by atoms with van der Waals surface area (Å²) >= 11 is 0. The molecule has 0 atom stereocenters. The van der Waals surface area contributed by atoms with Gasteiger partial charge in [-0.15, -0.1) is 0 Å². The Labute approximate surface area is 102 Å². The largest absolute Gasteiger partial charge is 0.397 e. The molecule has 0 radical (unpaired) electrons. The van der Waals surface area contributed by atoms with Crippen LogP contribution >= 0.6 is 0 Å². The van der Waals surface area contributed by atoms with E-state index in [0.29, 0.717) is 17.9 Å². The quantitative estimate of drug-likeness (QED) is 0.618. The molecule has 0 aliphatic heterocycles. The Hall–Kier alpha value is -1.49. The van der Waals surface area contributed by atoms with Crippen LogP contribution in [0.15, 0.2) is 12.3 Å². The molecule has 96 valence electrons. The lowest BCUT2D eigenvalue weighted by atomic mass is 10.2. The van der Waals surface area contributed by atoms with Crippen LogP contribution < -0.4 is 11.1 Å². The summed E-state index contributed by atoms with van der Waals surface area (Å²) in [6.45, 7) is 0.907. The third-order valence-corrected chi connectivity index (χ3v) is 2.63. The SMILES string of the molecule is Cn1cc(N)cc1C(=O)NCCCCCCO. The Kier molecular flexibility index (Phi) is 5.56. The predicted molar refractivity (Wildman–Crippen MR) is 67.7 cm³/mol. The van der Waals surface area contributed by atoms with Crippen LogP contribution in [0.25, 0.3) is 0 Å². The molecule has 0 saturated heterocycles. The number of nitrogens with zero attached hydrogens (tertiary/aromatic N) is 1. The highest BCUT2D eigenvalue weighted by Crippen LogP contribution is 2.08. The molecule has 1 amide bonds. The van der Waals surface area contributed by atoms with E-state index in [4.69, 9.17) is 10.8 Å². The zero-order valence-corrected chi connectivity index (χ0v) is 10.3. The van der Waals surface area contributed by atoms with Gasteiger partial charge in [-0.2, -0.15) is 0 Å². The van der Waals surface area contributed by atoms with E-state index in [2.05, 4.69) is 5.32 Å². The summed E-state index contributed by atoms with van der Waals surface area (Å²) in [5, 5.41) is 11.5. The molecule has 0 fully saturated rings. The third kappa shape index (κ3) is 4.48. The standard InChI is InChI=1S/C12H21N3O2/c1-15-9-10(13)8-11(15)12(17)14-6-4-2-3-5-7-16/h8-9,16H,2-7,13H2,1H3,(H,14,17). The molecular weight excluding hydrogens is 218 g/mol. The number of aryl methyl sites for hydroxylation is 1. The molecule has 0 bridgehead atoms. The second kappa shape index (κ2) is 6.96. The Morgan fingerprint density at radius 3 is 2.71 bits per heavy atom. The topological polar surface area (TPSA) is 80.3 Å². The lowest BCUT2D eigenvalue weighted by molar-refractivity contribution is 0.0944. The molecule has 5 heteroatoms. The van der Waals surface area contributed by atoms with Crippen molar-refractivity contribution in [2.24, 2.45) is 7.05 Å². The Morgan fingerprint density at radius 1 is 1.41 bits per heavy atom. The van der Waals surface area contributed by atoms with Gasteiger partial charge in [-0.3, -0.25) is 4.79 Å². The minimum Gasteiger partial charge on any atom is -0.397 e. The summed E-state index contributed by atoms with van der Waals surface area (Å²) in [7, 11) is 1.80. The van der Waals surface area contributed by atoms with Crippen LogP contribution in [0.5, 0.6) is 0 Å². The van der Waals surface area contributed by atoms with Gasteiger partial charge in [-0.1, -0.05) is 12.8 Å². The zero-order chi connectivity index (χ0) is 12.7. The van der Waals surface area contributed by atoms with E-state index >= 15 is 0 Å². The Balaban J connectivity index is 2.23. The molecule has 5 nitrogen and oxygen atoms in total. The van der Waals surface area contributed by atoms with Gasteiger partial charge in [0.25, 0.3) is 5.91 Å². The van der Waals surface area contributed by atoms with Crippen LogP contribution in [0.1, 0.15) is 36.2 Å². The van der Waals surface area contributed by atoms with E-state index in [0.717, 1.165) is 25.7 Å². The zero-order valence-electron chi connectivity index (χ0n) is 10.3. The maximum atomic E-state index is 11.7. The molecule has 17 heavy (non-hydrogen) atoms. The van der Waals surface area contributed by atoms with Gasteiger partial charge in [0.1, 0.15) is 5.69 Å². The smallest absolute Gasteiger partial charge is 0.267 e. The first-order valence-electron chi connectivity index (χ1n) is 5.96. The number of hydrogen-bond acceptors (Lipinski definition) is 3. The van der Waals surface area contributed by atoms with Gasteiger partial charge >= 0.3 is 0 Å². The maximum absolute atomic E-state index is 11.7. The summed E-state index contributed by atoms with van der Waals surface area (Å²) in [5.41, 5.74) is 6.78. The van der Waals surface area contributed by atoms with Gasteiger partial charge in [0.15, 0.2) is 0 Å². The number of rotatable bonds is 7. The second-order valence-corrected chi connectivity index (χ2v) is 4.16. The molecule has 0 unspecified atom stereocenters. The van der Waals surface area contributed by atoms with Crippen LogP contribution in [0, 0.1) is 0 Å². The fourth-order valence-electron chi connectivity index (χ4n) is 1.70. The van der Waals surface area contributed by atoms with Crippen LogP contribution in [0.2, 0.25) is 0 Å². The number of aliphatic hydroxyl groups excluding tert-OH is 1. The molecule has 0 spiro atoms. The molecule has 1 aromatic heterocycles. The highest BCUT2D eigenvalue weighted by Gasteiger charge is 2.09.